The molecule has 5 nitrogen and oxygen atoms in total. The Morgan fingerprint density at radius 2 is 2.07 bits per heavy atom. The Hall–Kier alpha value is -1.78. The predicted molar refractivity (Wildman–Crippen MR) is 49.6 cm³/mol. The lowest BCUT2D eigenvalue weighted by Crippen LogP contribution is -2.32. The zero-order chi connectivity index (χ0) is 10.4. The van der Waals surface area contributed by atoms with Gasteiger partial charge in [0, 0.05) is 18.8 Å². The number of aromatic amines is 1. The quantitative estimate of drug-likeness (QED) is 0.606. The first-order chi connectivity index (χ1) is 6.70. The van der Waals surface area contributed by atoms with Crippen molar-refractivity contribution in [2.75, 3.05) is 0 Å². The summed E-state index contributed by atoms with van der Waals surface area (Å²) in [5, 5.41) is 10.6. The van der Waals surface area contributed by atoms with Gasteiger partial charge in [-0.15, -0.1) is 0 Å². The lowest BCUT2D eigenvalue weighted by atomic mass is 10.2. The van der Waals surface area contributed by atoms with E-state index in [1.165, 1.54) is 0 Å². The first-order valence-corrected chi connectivity index (χ1v) is 4.30. The van der Waals surface area contributed by atoms with Crippen LogP contribution < -0.4 is 5.32 Å². The van der Waals surface area contributed by atoms with Crippen molar-refractivity contribution >= 4 is 11.9 Å². The molecule has 1 amide bonds. The van der Waals surface area contributed by atoms with Gasteiger partial charge >= 0.3 is 5.97 Å². The molecular formula is C9H12N2O3. The Morgan fingerprint density at radius 1 is 1.43 bits per heavy atom. The third-order valence-corrected chi connectivity index (χ3v) is 1.79. The van der Waals surface area contributed by atoms with E-state index in [1.807, 2.05) is 24.5 Å². The van der Waals surface area contributed by atoms with Gasteiger partial charge in [-0.05, 0) is 18.6 Å². The maximum Gasteiger partial charge on any atom is 0.326 e. The van der Waals surface area contributed by atoms with E-state index in [1.54, 1.807) is 0 Å². The number of carboxylic acids is 1. The largest absolute Gasteiger partial charge is 0.480 e. The molecular weight excluding hydrogens is 184 g/mol. The van der Waals surface area contributed by atoms with Gasteiger partial charge in [-0.1, -0.05) is 0 Å². The van der Waals surface area contributed by atoms with E-state index < -0.39 is 12.0 Å². The summed E-state index contributed by atoms with van der Waals surface area (Å²) in [5.41, 5.74) is 0. The van der Waals surface area contributed by atoms with Crippen LogP contribution in [0.2, 0.25) is 0 Å². The number of carbonyl (C=O) groups excluding carboxylic acids is 1. The molecule has 1 aliphatic rings. The van der Waals surface area contributed by atoms with Crippen molar-refractivity contribution in [2.24, 2.45) is 0 Å². The third-order valence-electron chi connectivity index (χ3n) is 1.79. The second-order valence-corrected chi connectivity index (χ2v) is 2.88. The molecule has 1 aliphatic heterocycles. The van der Waals surface area contributed by atoms with Crippen molar-refractivity contribution < 1.29 is 14.7 Å². The molecule has 0 unspecified atom stereocenters. The van der Waals surface area contributed by atoms with Crippen LogP contribution in [-0.2, 0) is 9.59 Å². The molecule has 2 heterocycles. The molecule has 1 atom stereocenters. The fourth-order valence-electron chi connectivity index (χ4n) is 1.08. The van der Waals surface area contributed by atoms with Crippen LogP contribution >= 0.6 is 0 Å². The second kappa shape index (κ2) is 5.06. The number of hydrogen-bond donors (Lipinski definition) is 3. The molecule has 1 aromatic heterocycles. The Kier molecular flexibility index (Phi) is 3.72. The number of carbonyl (C=O) groups is 2. The Balaban J connectivity index is 0.000000165. The third kappa shape index (κ3) is 3.30. The van der Waals surface area contributed by atoms with E-state index in [0.29, 0.717) is 12.8 Å². The average Bonchev–Trinajstić information content (AvgIpc) is 2.74. The Bertz CT molecular complexity index is 278. The number of hydrogen-bond acceptors (Lipinski definition) is 2. The summed E-state index contributed by atoms with van der Waals surface area (Å²) in [4.78, 5) is 23.4. The number of aliphatic carboxylic acids is 1. The monoisotopic (exact) mass is 196 g/mol. The standard InChI is InChI=1S/C5H7NO3.C4H5N/c7-4-2-1-3(6-4)5(8)9;1-2-4-5-3-1/h3H,1-2H2,(H,6,7)(H,8,9);1-5H/t3-;/m0./s1. The number of nitrogens with one attached hydrogen (secondary N) is 2. The van der Waals surface area contributed by atoms with Crippen LogP contribution in [-0.4, -0.2) is 28.0 Å². The second-order valence-electron chi connectivity index (χ2n) is 2.88. The highest BCUT2D eigenvalue weighted by Gasteiger charge is 2.26. The maximum atomic E-state index is 10.4. The van der Waals surface area contributed by atoms with Crippen molar-refractivity contribution in [3.8, 4) is 0 Å². The van der Waals surface area contributed by atoms with E-state index in [2.05, 4.69) is 10.3 Å². The summed E-state index contributed by atoms with van der Waals surface area (Å²) in [5.74, 6) is -1.11. The number of carboxylic acid groups (broad SMARTS) is 1. The molecule has 0 bridgehead atoms. The first-order valence-electron chi connectivity index (χ1n) is 4.30. The maximum absolute atomic E-state index is 10.4. The summed E-state index contributed by atoms with van der Waals surface area (Å²) in [7, 11) is 0. The van der Waals surface area contributed by atoms with Gasteiger partial charge in [0.25, 0.3) is 0 Å². The molecule has 2 rings (SSSR count). The van der Waals surface area contributed by atoms with Crippen molar-refractivity contribution in [1.29, 1.82) is 0 Å². The minimum atomic E-state index is -0.944. The van der Waals surface area contributed by atoms with Crippen LogP contribution in [0, 0.1) is 0 Å². The van der Waals surface area contributed by atoms with E-state index >= 15 is 0 Å². The van der Waals surface area contributed by atoms with Crippen LogP contribution in [0.25, 0.3) is 0 Å². The van der Waals surface area contributed by atoms with E-state index in [9.17, 15) is 9.59 Å². The fourth-order valence-corrected chi connectivity index (χ4v) is 1.08. The fraction of sp³-hybridized carbons (Fsp3) is 0.333. The van der Waals surface area contributed by atoms with Gasteiger partial charge in [0.15, 0.2) is 0 Å². The van der Waals surface area contributed by atoms with Crippen molar-refractivity contribution in [3.63, 3.8) is 0 Å². The smallest absolute Gasteiger partial charge is 0.326 e. The SMILES string of the molecule is O=C1CC[C@@H](C(=O)O)N1.c1cc[nH]c1. The molecule has 0 saturated carbocycles. The highest BCUT2D eigenvalue weighted by atomic mass is 16.4. The van der Waals surface area contributed by atoms with Gasteiger partial charge < -0.3 is 15.4 Å². The minimum absolute atomic E-state index is 0.164. The van der Waals surface area contributed by atoms with Crippen molar-refractivity contribution in [3.05, 3.63) is 24.5 Å². The summed E-state index contributed by atoms with van der Waals surface area (Å²) in [6.07, 6.45) is 4.52. The van der Waals surface area contributed by atoms with E-state index in [-0.39, 0.29) is 5.91 Å². The molecule has 0 radical (unpaired) electrons. The number of rotatable bonds is 1. The number of H-pyrrole nitrogens is 1. The van der Waals surface area contributed by atoms with E-state index in [0.717, 1.165) is 0 Å². The lowest BCUT2D eigenvalue weighted by Gasteiger charge is -1.99. The molecule has 0 aromatic carbocycles. The predicted octanol–water partition coefficient (Wildman–Crippen LogP) is 0.364. The van der Waals surface area contributed by atoms with Crippen LogP contribution in [0.1, 0.15) is 12.8 Å². The van der Waals surface area contributed by atoms with Gasteiger partial charge in [0.2, 0.25) is 5.91 Å². The number of aromatic nitrogens is 1. The molecule has 14 heavy (non-hydrogen) atoms. The molecule has 1 saturated heterocycles. The van der Waals surface area contributed by atoms with Crippen LogP contribution in [0.4, 0.5) is 0 Å². The Labute approximate surface area is 81.1 Å². The van der Waals surface area contributed by atoms with Gasteiger partial charge in [0.05, 0.1) is 0 Å². The first kappa shape index (κ1) is 10.3. The molecule has 0 spiro atoms. The summed E-state index contributed by atoms with van der Waals surface area (Å²) in [6, 6.07) is 3.25. The highest BCUT2D eigenvalue weighted by Crippen LogP contribution is 2.05. The highest BCUT2D eigenvalue weighted by molar-refractivity contribution is 5.87. The Morgan fingerprint density at radius 3 is 2.29 bits per heavy atom. The molecule has 5 heteroatoms. The van der Waals surface area contributed by atoms with E-state index in [4.69, 9.17) is 5.11 Å². The summed E-state index contributed by atoms with van der Waals surface area (Å²) >= 11 is 0. The minimum Gasteiger partial charge on any atom is -0.480 e. The molecule has 1 aromatic rings. The van der Waals surface area contributed by atoms with Gasteiger partial charge in [-0.2, -0.15) is 0 Å². The summed E-state index contributed by atoms with van der Waals surface area (Å²) in [6.45, 7) is 0. The lowest BCUT2D eigenvalue weighted by molar-refractivity contribution is -0.140. The van der Waals surface area contributed by atoms with Gasteiger partial charge in [-0.25, -0.2) is 4.79 Å². The van der Waals surface area contributed by atoms with Crippen molar-refractivity contribution in [1.82, 2.24) is 10.3 Å². The zero-order valence-electron chi connectivity index (χ0n) is 7.56. The topological polar surface area (TPSA) is 82.2 Å². The van der Waals surface area contributed by atoms with Gasteiger partial charge in [0.1, 0.15) is 6.04 Å². The van der Waals surface area contributed by atoms with Crippen LogP contribution in [0.3, 0.4) is 0 Å². The molecule has 1 fully saturated rings. The molecule has 3 N–H and O–H groups in total. The average molecular weight is 196 g/mol. The van der Waals surface area contributed by atoms with Gasteiger partial charge in [-0.3, -0.25) is 4.79 Å². The van der Waals surface area contributed by atoms with Crippen LogP contribution in [0.5, 0.6) is 0 Å². The van der Waals surface area contributed by atoms with Crippen LogP contribution in [0.15, 0.2) is 24.5 Å². The van der Waals surface area contributed by atoms with Crippen molar-refractivity contribution in [2.45, 2.75) is 18.9 Å². The normalized spacial score (nSPS) is 19.4. The molecule has 76 valence electrons. The molecule has 0 aliphatic carbocycles. The summed E-state index contributed by atoms with van der Waals surface area (Å²) < 4.78 is 0. The zero-order valence-corrected chi connectivity index (χ0v) is 7.56. The number of amides is 1.